The van der Waals surface area contributed by atoms with Crippen molar-refractivity contribution in [2.45, 2.75) is 31.6 Å². The van der Waals surface area contributed by atoms with E-state index in [9.17, 15) is 16.8 Å². The molecule has 10 heteroatoms. The first-order valence-electron chi connectivity index (χ1n) is 8.02. The molecule has 1 N–H and O–H groups in total. The summed E-state index contributed by atoms with van der Waals surface area (Å²) in [6.45, 7) is 4.45. The molecular weight excluding hydrogens is 382 g/mol. The zero-order chi connectivity index (χ0) is 18.2. The van der Waals surface area contributed by atoms with Crippen LogP contribution in [0.25, 0.3) is 0 Å². The second-order valence-corrected chi connectivity index (χ2v) is 10.9. The summed E-state index contributed by atoms with van der Waals surface area (Å²) in [5.74, 6) is 0.895. The van der Waals surface area contributed by atoms with Gasteiger partial charge >= 0.3 is 0 Å². The van der Waals surface area contributed by atoms with Crippen molar-refractivity contribution in [3.05, 3.63) is 23.3 Å². The van der Waals surface area contributed by atoms with E-state index in [1.165, 1.54) is 22.1 Å². The fourth-order valence-corrected chi connectivity index (χ4v) is 6.99. The van der Waals surface area contributed by atoms with E-state index in [4.69, 9.17) is 0 Å². The van der Waals surface area contributed by atoms with Crippen LogP contribution in [0.3, 0.4) is 0 Å². The van der Waals surface area contributed by atoms with Gasteiger partial charge in [-0.25, -0.2) is 16.8 Å². The monoisotopic (exact) mass is 403 g/mol. The molecule has 1 aromatic rings. The molecule has 2 aliphatic heterocycles. The molecule has 1 aromatic carbocycles. The minimum atomic E-state index is -3.74. The molecule has 0 radical (unpaired) electrons. The summed E-state index contributed by atoms with van der Waals surface area (Å²) < 4.78 is 53.9. The molecule has 7 nitrogen and oxygen atoms in total. The number of rotatable bonds is 3. The molecule has 0 bridgehead atoms. The average molecular weight is 404 g/mol. The predicted molar refractivity (Wildman–Crippen MR) is 101 cm³/mol. The Morgan fingerprint density at radius 2 is 1.96 bits per heavy atom. The highest BCUT2D eigenvalue weighted by Crippen LogP contribution is 2.31. The summed E-state index contributed by atoms with van der Waals surface area (Å²) in [7, 11) is -7.08. The van der Waals surface area contributed by atoms with E-state index in [1.807, 2.05) is 0 Å². The SMILES string of the molecule is Cc1cc(S(=O)(=O)NC2=NCCS2)c(C)cc1N1CCCCS1(=O)=O. The van der Waals surface area contributed by atoms with Gasteiger partial charge in [-0.3, -0.25) is 14.0 Å². The van der Waals surface area contributed by atoms with Gasteiger partial charge in [0.05, 0.1) is 22.9 Å². The van der Waals surface area contributed by atoms with Crippen molar-refractivity contribution in [1.29, 1.82) is 0 Å². The summed E-state index contributed by atoms with van der Waals surface area (Å²) in [4.78, 5) is 4.26. The second kappa shape index (κ2) is 6.81. The number of hydrogen-bond acceptors (Lipinski definition) is 6. The fraction of sp³-hybridized carbons (Fsp3) is 0.533. The van der Waals surface area contributed by atoms with Gasteiger partial charge in [0.15, 0.2) is 5.17 Å². The highest BCUT2D eigenvalue weighted by atomic mass is 32.2. The first-order chi connectivity index (χ1) is 11.7. The van der Waals surface area contributed by atoms with Gasteiger partial charge in [-0.2, -0.15) is 0 Å². The highest BCUT2D eigenvalue weighted by Gasteiger charge is 2.29. The third-order valence-corrected chi connectivity index (χ3v) is 8.57. The van der Waals surface area contributed by atoms with Crippen molar-refractivity contribution >= 4 is 42.7 Å². The molecule has 0 aromatic heterocycles. The first kappa shape index (κ1) is 18.5. The normalized spacial score (nSPS) is 20.4. The van der Waals surface area contributed by atoms with Gasteiger partial charge < -0.3 is 0 Å². The minimum Gasteiger partial charge on any atom is -0.270 e. The van der Waals surface area contributed by atoms with Crippen molar-refractivity contribution in [3.63, 3.8) is 0 Å². The largest absolute Gasteiger partial charge is 0.270 e. The van der Waals surface area contributed by atoms with Crippen molar-refractivity contribution in [3.8, 4) is 0 Å². The molecule has 1 saturated heterocycles. The maximum atomic E-state index is 12.6. The Hall–Kier alpha value is -1.26. The summed E-state index contributed by atoms with van der Waals surface area (Å²) in [6.07, 6.45) is 1.46. The van der Waals surface area contributed by atoms with Crippen LogP contribution in [-0.4, -0.2) is 46.6 Å². The number of benzene rings is 1. The Kier molecular flexibility index (Phi) is 5.04. The van der Waals surface area contributed by atoms with Gasteiger partial charge in [-0.1, -0.05) is 11.8 Å². The molecular formula is C15H21N3O4S3. The maximum Gasteiger partial charge on any atom is 0.263 e. The lowest BCUT2D eigenvalue weighted by Gasteiger charge is -2.30. The van der Waals surface area contributed by atoms with Crippen LogP contribution in [0.15, 0.2) is 22.0 Å². The van der Waals surface area contributed by atoms with Crippen LogP contribution in [-0.2, 0) is 20.0 Å². The van der Waals surface area contributed by atoms with E-state index in [0.29, 0.717) is 41.5 Å². The van der Waals surface area contributed by atoms with Crippen molar-refractivity contribution in [1.82, 2.24) is 4.72 Å². The number of hydrogen-bond donors (Lipinski definition) is 1. The lowest BCUT2D eigenvalue weighted by molar-refractivity contribution is 0.574. The quantitative estimate of drug-likeness (QED) is 0.827. The lowest BCUT2D eigenvalue weighted by Crippen LogP contribution is -2.38. The standard InChI is InChI=1S/C15H21N3O4S3/c1-11-10-14(25(21,22)17-15-16-5-7-23-15)12(2)9-13(11)18-6-3-4-8-24(18,19)20/h9-10H,3-8H2,1-2H3,(H,16,17). The first-order valence-corrected chi connectivity index (χ1v) is 12.1. The zero-order valence-corrected chi connectivity index (χ0v) is 16.6. The fourth-order valence-electron chi connectivity index (χ4n) is 2.96. The number of anilines is 1. The Labute approximate surface area is 153 Å². The second-order valence-electron chi connectivity index (χ2n) is 6.14. The highest BCUT2D eigenvalue weighted by molar-refractivity contribution is 8.15. The number of aliphatic imine (C=N–C) groups is 1. The molecule has 0 aliphatic carbocycles. The smallest absolute Gasteiger partial charge is 0.263 e. The van der Waals surface area contributed by atoms with Crippen LogP contribution in [0.5, 0.6) is 0 Å². The van der Waals surface area contributed by atoms with E-state index < -0.39 is 20.0 Å². The Morgan fingerprint density at radius 1 is 1.20 bits per heavy atom. The number of amidine groups is 1. The molecule has 0 atom stereocenters. The predicted octanol–water partition coefficient (Wildman–Crippen LogP) is 1.61. The third-order valence-electron chi connectivity index (χ3n) is 4.21. The summed E-state index contributed by atoms with van der Waals surface area (Å²) in [5.41, 5.74) is 1.69. The maximum absolute atomic E-state index is 12.6. The summed E-state index contributed by atoms with van der Waals surface area (Å²) >= 11 is 1.37. The molecule has 0 amide bonds. The van der Waals surface area contributed by atoms with Crippen molar-refractivity contribution in [2.75, 3.05) is 28.9 Å². The Bertz CT molecular complexity index is 924. The number of nitrogens with zero attached hydrogens (tertiary/aromatic N) is 2. The van der Waals surface area contributed by atoms with Gasteiger partial charge in [0.25, 0.3) is 10.0 Å². The number of aryl methyl sites for hydroxylation is 2. The molecule has 0 spiro atoms. The summed E-state index contributed by atoms with van der Waals surface area (Å²) in [6, 6.07) is 3.19. The van der Waals surface area contributed by atoms with Gasteiger partial charge in [0.1, 0.15) is 0 Å². The van der Waals surface area contributed by atoms with Crippen molar-refractivity contribution in [2.24, 2.45) is 4.99 Å². The van der Waals surface area contributed by atoms with E-state index in [-0.39, 0.29) is 10.6 Å². The third kappa shape index (κ3) is 3.80. The van der Waals surface area contributed by atoms with Crippen molar-refractivity contribution < 1.29 is 16.8 Å². The Balaban J connectivity index is 1.97. The van der Waals surface area contributed by atoms with Crippen LogP contribution in [0.1, 0.15) is 24.0 Å². The van der Waals surface area contributed by atoms with E-state index >= 15 is 0 Å². The van der Waals surface area contributed by atoms with Crippen LogP contribution in [0.4, 0.5) is 5.69 Å². The molecule has 1 fully saturated rings. The number of nitrogens with one attached hydrogen (secondary N) is 1. The molecule has 2 heterocycles. The zero-order valence-electron chi connectivity index (χ0n) is 14.1. The van der Waals surface area contributed by atoms with Crippen LogP contribution in [0, 0.1) is 13.8 Å². The molecule has 138 valence electrons. The van der Waals surface area contributed by atoms with Crippen LogP contribution < -0.4 is 9.03 Å². The van der Waals surface area contributed by atoms with Gasteiger partial charge in [-0.15, -0.1) is 0 Å². The van der Waals surface area contributed by atoms with Crippen LogP contribution >= 0.6 is 11.8 Å². The van der Waals surface area contributed by atoms with E-state index in [0.717, 1.165) is 12.2 Å². The molecule has 0 unspecified atom stereocenters. The summed E-state index contributed by atoms with van der Waals surface area (Å²) in [5, 5.41) is 0.403. The Morgan fingerprint density at radius 3 is 2.60 bits per heavy atom. The average Bonchev–Trinajstić information content (AvgIpc) is 3.01. The molecule has 2 aliphatic rings. The van der Waals surface area contributed by atoms with Gasteiger partial charge in [0.2, 0.25) is 10.0 Å². The van der Waals surface area contributed by atoms with Crippen LogP contribution in [0.2, 0.25) is 0 Å². The van der Waals surface area contributed by atoms with Gasteiger partial charge in [0, 0.05) is 12.3 Å². The lowest BCUT2D eigenvalue weighted by atomic mass is 10.1. The van der Waals surface area contributed by atoms with E-state index in [1.54, 1.807) is 19.9 Å². The molecule has 3 rings (SSSR count). The minimum absolute atomic E-state index is 0.129. The topological polar surface area (TPSA) is 95.9 Å². The number of sulfonamides is 2. The van der Waals surface area contributed by atoms with Gasteiger partial charge in [-0.05, 0) is 49.9 Å². The molecule has 0 saturated carbocycles. The van der Waals surface area contributed by atoms with E-state index in [2.05, 4.69) is 9.71 Å². The number of thioether (sulfide) groups is 1. The molecule has 25 heavy (non-hydrogen) atoms.